The van der Waals surface area contributed by atoms with E-state index in [1.54, 1.807) is 0 Å². The lowest BCUT2D eigenvalue weighted by atomic mass is 9.88. The van der Waals surface area contributed by atoms with Crippen LogP contribution in [0.25, 0.3) is 22.0 Å². The number of benzene rings is 2. The zero-order valence-corrected chi connectivity index (χ0v) is 10.5. The Bertz CT molecular complexity index is 749. The average Bonchev–Trinajstić information content (AvgIpc) is 2.77. The molecule has 1 heteroatoms. The van der Waals surface area contributed by atoms with Crippen molar-refractivity contribution in [1.82, 2.24) is 4.98 Å². The predicted octanol–water partition coefficient (Wildman–Crippen LogP) is 4.24. The molecule has 1 N–H and O–H groups in total. The fourth-order valence-electron chi connectivity index (χ4n) is 3.10. The maximum Gasteiger partial charge on any atom is 0.0462 e. The van der Waals surface area contributed by atoms with Gasteiger partial charge in [-0.05, 0) is 43.0 Å². The number of H-pyrrole nitrogens is 1. The Morgan fingerprint density at radius 2 is 1.89 bits per heavy atom. The molecule has 0 saturated heterocycles. The summed E-state index contributed by atoms with van der Waals surface area (Å²) >= 11 is 0. The lowest BCUT2D eigenvalue weighted by Crippen LogP contribution is -2.02. The smallest absolute Gasteiger partial charge is 0.0462 e. The van der Waals surface area contributed by atoms with Gasteiger partial charge in [0.05, 0.1) is 0 Å². The van der Waals surface area contributed by atoms with Crippen LogP contribution in [0.1, 0.15) is 16.8 Å². The highest BCUT2D eigenvalue weighted by atomic mass is 14.7. The molecular formula is C17H15N. The molecule has 88 valence electrons. The molecule has 1 aromatic heterocycles. The lowest BCUT2D eigenvalue weighted by Gasteiger charge is -2.16. The van der Waals surface area contributed by atoms with Crippen LogP contribution in [-0.2, 0) is 12.8 Å². The standard InChI is InChI=1S/C17H15N/c1-11-6-8-15-14(10-11)17-13-5-3-2-4-12(13)7-9-16(17)18-15/h2-6,8,10,18H,7,9H2,1H3. The van der Waals surface area contributed by atoms with E-state index in [9.17, 15) is 0 Å². The third kappa shape index (κ3) is 1.28. The van der Waals surface area contributed by atoms with Crippen molar-refractivity contribution < 1.29 is 0 Å². The molecule has 1 nitrogen and oxygen atoms in total. The average molecular weight is 233 g/mol. The van der Waals surface area contributed by atoms with Crippen molar-refractivity contribution in [2.75, 3.05) is 0 Å². The van der Waals surface area contributed by atoms with Gasteiger partial charge in [-0.15, -0.1) is 0 Å². The molecule has 2 aromatic carbocycles. The van der Waals surface area contributed by atoms with Gasteiger partial charge in [0.2, 0.25) is 0 Å². The molecule has 0 fully saturated rings. The number of nitrogens with one attached hydrogen (secondary N) is 1. The van der Waals surface area contributed by atoms with E-state index >= 15 is 0 Å². The fraction of sp³-hybridized carbons (Fsp3) is 0.176. The maximum absolute atomic E-state index is 3.58. The lowest BCUT2D eigenvalue weighted by molar-refractivity contribution is 0.914. The Balaban J connectivity index is 2.13. The Labute approximate surface area is 106 Å². The molecule has 0 saturated carbocycles. The van der Waals surface area contributed by atoms with Gasteiger partial charge in [0, 0.05) is 22.2 Å². The van der Waals surface area contributed by atoms with E-state index in [4.69, 9.17) is 0 Å². The summed E-state index contributed by atoms with van der Waals surface area (Å²) in [6, 6.07) is 15.5. The summed E-state index contributed by atoms with van der Waals surface area (Å²) in [5, 5.41) is 1.37. The van der Waals surface area contributed by atoms with E-state index in [-0.39, 0.29) is 0 Å². The molecule has 3 aromatic rings. The molecule has 4 rings (SSSR count). The summed E-state index contributed by atoms with van der Waals surface area (Å²) in [6.07, 6.45) is 2.27. The summed E-state index contributed by atoms with van der Waals surface area (Å²) in [5.41, 5.74) is 8.31. The first-order valence-corrected chi connectivity index (χ1v) is 6.52. The highest BCUT2D eigenvalue weighted by Gasteiger charge is 2.20. The second-order valence-corrected chi connectivity index (χ2v) is 5.18. The van der Waals surface area contributed by atoms with Crippen molar-refractivity contribution in [2.45, 2.75) is 19.8 Å². The number of hydrogen-bond donors (Lipinski definition) is 1. The van der Waals surface area contributed by atoms with Gasteiger partial charge in [0.1, 0.15) is 0 Å². The Morgan fingerprint density at radius 3 is 2.83 bits per heavy atom. The van der Waals surface area contributed by atoms with Gasteiger partial charge in [-0.3, -0.25) is 0 Å². The van der Waals surface area contributed by atoms with Crippen molar-refractivity contribution in [3.8, 4) is 11.1 Å². The SMILES string of the molecule is Cc1ccc2[nH]c3c(c2c1)-c1ccccc1CC3. The molecule has 0 atom stereocenters. The first-order chi connectivity index (χ1) is 8.83. The highest BCUT2D eigenvalue weighted by molar-refractivity contribution is 5.99. The quantitative estimate of drug-likeness (QED) is 0.597. The molecule has 1 aliphatic carbocycles. The van der Waals surface area contributed by atoms with Crippen LogP contribution in [0.3, 0.4) is 0 Å². The highest BCUT2D eigenvalue weighted by Crippen LogP contribution is 2.38. The first-order valence-electron chi connectivity index (χ1n) is 6.52. The Kier molecular flexibility index (Phi) is 1.93. The van der Waals surface area contributed by atoms with Crippen molar-refractivity contribution in [1.29, 1.82) is 0 Å². The van der Waals surface area contributed by atoms with Crippen molar-refractivity contribution >= 4 is 10.9 Å². The molecular weight excluding hydrogens is 218 g/mol. The van der Waals surface area contributed by atoms with E-state index in [1.807, 2.05) is 0 Å². The number of rotatable bonds is 0. The minimum atomic E-state index is 1.13. The van der Waals surface area contributed by atoms with Crippen molar-refractivity contribution in [3.05, 3.63) is 59.3 Å². The Hall–Kier alpha value is -2.02. The van der Waals surface area contributed by atoms with E-state index in [0.717, 1.165) is 12.8 Å². The van der Waals surface area contributed by atoms with Crippen LogP contribution in [0, 0.1) is 6.92 Å². The number of aromatic nitrogens is 1. The van der Waals surface area contributed by atoms with Crippen LogP contribution in [-0.4, -0.2) is 4.98 Å². The normalized spacial score (nSPS) is 13.4. The summed E-state index contributed by atoms with van der Waals surface area (Å²) in [7, 11) is 0. The van der Waals surface area contributed by atoms with Crippen molar-refractivity contribution in [2.24, 2.45) is 0 Å². The van der Waals surface area contributed by atoms with Gasteiger partial charge in [-0.2, -0.15) is 0 Å². The number of aryl methyl sites for hydroxylation is 3. The van der Waals surface area contributed by atoms with E-state index < -0.39 is 0 Å². The minimum Gasteiger partial charge on any atom is -0.358 e. The molecule has 1 aliphatic rings. The first kappa shape index (κ1) is 9.95. The Morgan fingerprint density at radius 1 is 1.00 bits per heavy atom. The monoisotopic (exact) mass is 233 g/mol. The number of hydrogen-bond acceptors (Lipinski definition) is 0. The predicted molar refractivity (Wildman–Crippen MR) is 75.9 cm³/mol. The van der Waals surface area contributed by atoms with E-state index in [2.05, 4.69) is 54.4 Å². The third-order valence-electron chi connectivity index (χ3n) is 3.96. The number of fused-ring (bicyclic) bond motifs is 5. The van der Waals surface area contributed by atoms with E-state index in [1.165, 1.54) is 38.9 Å². The molecule has 0 radical (unpaired) electrons. The summed E-state index contributed by atoms with van der Waals surface area (Å²) < 4.78 is 0. The maximum atomic E-state index is 3.58. The molecule has 0 aliphatic heterocycles. The molecule has 0 bridgehead atoms. The van der Waals surface area contributed by atoms with Gasteiger partial charge in [0.25, 0.3) is 0 Å². The van der Waals surface area contributed by atoms with Crippen LogP contribution in [0.4, 0.5) is 0 Å². The number of aromatic amines is 1. The summed E-state index contributed by atoms with van der Waals surface area (Å²) in [4.78, 5) is 3.58. The van der Waals surface area contributed by atoms with Crippen molar-refractivity contribution in [3.63, 3.8) is 0 Å². The fourth-order valence-corrected chi connectivity index (χ4v) is 3.10. The molecule has 0 amide bonds. The largest absolute Gasteiger partial charge is 0.358 e. The minimum absolute atomic E-state index is 1.13. The zero-order valence-electron chi connectivity index (χ0n) is 10.5. The molecule has 18 heavy (non-hydrogen) atoms. The van der Waals surface area contributed by atoms with Crippen LogP contribution in [0.15, 0.2) is 42.5 Å². The van der Waals surface area contributed by atoms with Gasteiger partial charge >= 0.3 is 0 Å². The van der Waals surface area contributed by atoms with Crippen LogP contribution >= 0.6 is 0 Å². The second kappa shape index (κ2) is 3.49. The van der Waals surface area contributed by atoms with Gasteiger partial charge in [0.15, 0.2) is 0 Å². The van der Waals surface area contributed by atoms with Crippen LogP contribution < -0.4 is 0 Å². The summed E-state index contributed by atoms with van der Waals surface area (Å²) in [6.45, 7) is 2.16. The topological polar surface area (TPSA) is 15.8 Å². The third-order valence-corrected chi connectivity index (χ3v) is 3.96. The van der Waals surface area contributed by atoms with Crippen LogP contribution in [0.2, 0.25) is 0 Å². The van der Waals surface area contributed by atoms with Gasteiger partial charge in [-0.25, -0.2) is 0 Å². The second-order valence-electron chi connectivity index (χ2n) is 5.18. The summed E-state index contributed by atoms with van der Waals surface area (Å²) in [5.74, 6) is 0. The van der Waals surface area contributed by atoms with Gasteiger partial charge in [-0.1, -0.05) is 35.9 Å². The molecule has 0 spiro atoms. The van der Waals surface area contributed by atoms with Gasteiger partial charge < -0.3 is 4.98 Å². The zero-order chi connectivity index (χ0) is 12.1. The molecule has 1 heterocycles. The van der Waals surface area contributed by atoms with E-state index in [0.29, 0.717) is 0 Å². The molecule has 0 unspecified atom stereocenters. The van der Waals surface area contributed by atoms with Crippen LogP contribution in [0.5, 0.6) is 0 Å².